The first-order valence-electron chi connectivity index (χ1n) is 7.29. The Labute approximate surface area is 146 Å². The van der Waals surface area contributed by atoms with Crippen LogP contribution in [0.3, 0.4) is 0 Å². The molecule has 25 heavy (non-hydrogen) atoms. The smallest absolute Gasteiger partial charge is 0.264 e. The molecule has 0 saturated heterocycles. The fourth-order valence-corrected chi connectivity index (χ4v) is 2.77. The maximum atomic E-state index is 11.4. The van der Waals surface area contributed by atoms with Gasteiger partial charge < -0.3 is 9.47 Å². The normalized spacial score (nSPS) is 12.0. The molecule has 0 heterocycles. The van der Waals surface area contributed by atoms with E-state index in [9.17, 15) is 21.6 Å². The number of rotatable bonds is 11. The molecule has 0 radical (unpaired) electrons. The molecular formula is C14H20O9S2. The maximum Gasteiger partial charge on any atom is 0.264 e. The highest BCUT2D eigenvalue weighted by Gasteiger charge is 2.11. The Hall–Kier alpha value is -1.69. The van der Waals surface area contributed by atoms with Crippen molar-refractivity contribution in [2.45, 2.75) is 19.8 Å². The van der Waals surface area contributed by atoms with E-state index in [1.165, 1.54) is 25.1 Å². The van der Waals surface area contributed by atoms with Crippen molar-refractivity contribution < 1.29 is 40.2 Å². The molecule has 0 spiro atoms. The van der Waals surface area contributed by atoms with Crippen molar-refractivity contribution in [1.29, 1.82) is 0 Å². The molecule has 0 unspecified atom stereocenters. The molecule has 0 aromatic heterocycles. The first-order chi connectivity index (χ1) is 11.5. The van der Waals surface area contributed by atoms with Crippen LogP contribution < -0.4 is 9.47 Å². The Morgan fingerprint density at radius 1 is 0.920 bits per heavy atom. The minimum absolute atomic E-state index is 0.0133. The van der Waals surface area contributed by atoms with Crippen molar-refractivity contribution >= 4 is 26.0 Å². The fourth-order valence-electron chi connectivity index (χ4n) is 1.81. The van der Waals surface area contributed by atoms with E-state index < -0.39 is 31.7 Å². The van der Waals surface area contributed by atoms with Gasteiger partial charge in [0.15, 0.2) is 17.3 Å². The predicted octanol–water partition coefficient (Wildman–Crippen LogP) is 1.20. The summed E-state index contributed by atoms with van der Waals surface area (Å²) in [6.07, 6.45) is 0.0841. The van der Waals surface area contributed by atoms with Crippen LogP contribution in [0.25, 0.3) is 0 Å². The third-order valence-electron chi connectivity index (χ3n) is 2.96. The van der Waals surface area contributed by atoms with Gasteiger partial charge >= 0.3 is 0 Å². The summed E-state index contributed by atoms with van der Waals surface area (Å²) in [5.41, 5.74) is 0.357. The monoisotopic (exact) mass is 396 g/mol. The van der Waals surface area contributed by atoms with Crippen LogP contribution in [-0.4, -0.2) is 56.4 Å². The molecule has 0 aliphatic rings. The zero-order valence-electron chi connectivity index (χ0n) is 13.5. The van der Waals surface area contributed by atoms with Gasteiger partial charge in [-0.15, -0.1) is 0 Å². The number of hydrogen-bond donors (Lipinski definition) is 2. The Balaban J connectivity index is 2.73. The number of benzene rings is 1. The lowest BCUT2D eigenvalue weighted by Crippen LogP contribution is -2.11. The SMILES string of the molecule is CC(=O)c1ccc(OCCCS(=O)(=O)O)c(OCCCS(=O)(=O)O)c1. The zero-order valence-corrected chi connectivity index (χ0v) is 15.2. The Kier molecular flexibility index (Phi) is 7.80. The molecule has 0 atom stereocenters. The third kappa shape index (κ3) is 9.39. The second kappa shape index (κ2) is 9.13. The van der Waals surface area contributed by atoms with Crippen LogP contribution in [0, 0.1) is 0 Å². The van der Waals surface area contributed by atoms with Crippen molar-refractivity contribution in [2.75, 3.05) is 24.7 Å². The number of Topliss-reactive ketones (excluding diaryl/α,β-unsaturated/α-hetero) is 1. The van der Waals surface area contributed by atoms with Crippen LogP contribution in [0.4, 0.5) is 0 Å². The minimum Gasteiger partial charge on any atom is -0.490 e. The van der Waals surface area contributed by atoms with E-state index in [2.05, 4.69) is 0 Å². The molecule has 2 N–H and O–H groups in total. The highest BCUT2D eigenvalue weighted by atomic mass is 32.2. The molecule has 0 fully saturated rings. The van der Waals surface area contributed by atoms with Gasteiger partial charge in [-0.2, -0.15) is 16.8 Å². The molecule has 1 aromatic rings. The molecule has 0 aliphatic heterocycles. The quantitative estimate of drug-likeness (QED) is 0.320. The average molecular weight is 396 g/mol. The highest BCUT2D eigenvalue weighted by Crippen LogP contribution is 2.29. The van der Waals surface area contributed by atoms with Gasteiger partial charge in [-0.3, -0.25) is 13.9 Å². The van der Waals surface area contributed by atoms with Crippen LogP contribution in [0.15, 0.2) is 18.2 Å². The van der Waals surface area contributed by atoms with Gasteiger partial charge in [0.1, 0.15) is 0 Å². The summed E-state index contributed by atoms with van der Waals surface area (Å²) in [6.45, 7) is 1.31. The van der Waals surface area contributed by atoms with Crippen LogP contribution in [-0.2, 0) is 20.2 Å². The first-order valence-corrected chi connectivity index (χ1v) is 10.5. The lowest BCUT2D eigenvalue weighted by molar-refractivity contribution is 0.101. The third-order valence-corrected chi connectivity index (χ3v) is 4.57. The lowest BCUT2D eigenvalue weighted by Gasteiger charge is -2.13. The lowest BCUT2D eigenvalue weighted by atomic mass is 10.1. The topological polar surface area (TPSA) is 144 Å². The second-order valence-electron chi connectivity index (χ2n) is 5.19. The van der Waals surface area contributed by atoms with Gasteiger partial charge in [0, 0.05) is 5.56 Å². The van der Waals surface area contributed by atoms with Crippen LogP contribution in [0.1, 0.15) is 30.1 Å². The summed E-state index contributed by atoms with van der Waals surface area (Å²) in [5, 5.41) is 0. The van der Waals surface area contributed by atoms with E-state index in [1.807, 2.05) is 0 Å². The molecular weight excluding hydrogens is 376 g/mol. The van der Waals surface area contributed by atoms with E-state index in [-0.39, 0.29) is 43.3 Å². The Bertz CT molecular complexity index is 798. The van der Waals surface area contributed by atoms with Crippen molar-refractivity contribution in [2.24, 2.45) is 0 Å². The predicted molar refractivity (Wildman–Crippen MR) is 89.5 cm³/mol. The van der Waals surface area contributed by atoms with E-state index in [4.69, 9.17) is 18.6 Å². The standard InChI is InChI=1S/C14H20O9S2/c1-11(15)12-4-5-13(22-6-2-8-24(16,17)18)14(10-12)23-7-3-9-25(19,20)21/h4-5,10H,2-3,6-9H2,1H3,(H,16,17,18)(H,19,20,21). The van der Waals surface area contributed by atoms with Gasteiger partial charge in [0.05, 0.1) is 24.7 Å². The molecule has 0 saturated carbocycles. The summed E-state index contributed by atoms with van der Waals surface area (Å²) >= 11 is 0. The van der Waals surface area contributed by atoms with Crippen molar-refractivity contribution in [3.63, 3.8) is 0 Å². The molecule has 0 aliphatic carbocycles. The number of hydrogen-bond acceptors (Lipinski definition) is 7. The summed E-state index contributed by atoms with van der Waals surface area (Å²) in [5.74, 6) is -0.699. The minimum atomic E-state index is -4.09. The van der Waals surface area contributed by atoms with Crippen LogP contribution in [0.5, 0.6) is 11.5 Å². The fraction of sp³-hybridized carbons (Fsp3) is 0.500. The Morgan fingerprint density at radius 2 is 1.40 bits per heavy atom. The van der Waals surface area contributed by atoms with Crippen molar-refractivity contribution in [3.05, 3.63) is 23.8 Å². The van der Waals surface area contributed by atoms with E-state index in [1.54, 1.807) is 0 Å². The number of carbonyl (C=O) groups excluding carboxylic acids is 1. The van der Waals surface area contributed by atoms with Gasteiger partial charge in [-0.25, -0.2) is 0 Å². The van der Waals surface area contributed by atoms with Gasteiger partial charge in [0.25, 0.3) is 20.2 Å². The Morgan fingerprint density at radius 3 is 1.84 bits per heavy atom. The number of carbonyl (C=O) groups is 1. The van der Waals surface area contributed by atoms with Gasteiger partial charge in [0.2, 0.25) is 0 Å². The number of ether oxygens (including phenoxy) is 2. The van der Waals surface area contributed by atoms with E-state index in [0.717, 1.165) is 0 Å². The molecule has 142 valence electrons. The molecule has 1 aromatic carbocycles. The van der Waals surface area contributed by atoms with E-state index in [0.29, 0.717) is 5.56 Å². The van der Waals surface area contributed by atoms with Gasteiger partial charge in [-0.05, 0) is 38.0 Å². The van der Waals surface area contributed by atoms with E-state index >= 15 is 0 Å². The second-order valence-corrected chi connectivity index (χ2v) is 8.34. The summed E-state index contributed by atoms with van der Waals surface area (Å²) in [6, 6.07) is 4.40. The molecule has 0 amide bonds. The number of ketones is 1. The maximum absolute atomic E-state index is 11.4. The van der Waals surface area contributed by atoms with Crippen LogP contribution >= 0.6 is 0 Å². The summed E-state index contributed by atoms with van der Waals surface area (Å²) in [7, 11) is -8.16. The average Bonchev–Trinajstić information content (AvgIpc) is 2.46. The van der Waals surface area contributed by atoms with Crippen molar-refractivity contribution in [1.82, 2.24) is 0 Å². The molecule has 0 bridgehead atoms. The molecule has 9 nitrogen and oxygen atoms in total. The molecule has 11 heteroatoms. The summed E-state index contributed by atoms with van der Waals surface area (Å²) in [4.78, 5) is 11.4. The highest BCUT2D eigenvalue weighted by molar-refractivity contribution is 7.86. The van der Waals surface area contributed by atoms with Crippen LogP contribution in [0.2, 0.25) is 0 Å². The zero-order chi connectivity index (χ0) is 19.1. The largest absolute Gasteiger partial charge is 0.490 e. The first kappa shape index (κ1) is 21.4. The summed E-state index contributed by atoms with van der Waals surface area (Å²) < 4.78 is 70.8. The van der Waals surface area contributed by atoms with Crippen molar-refractivity contribution in [3.8, 4) is 11.5 Å². The van der Waals surface area contributed by atoms with Gasteiger partial charge in [-0.1, -0.05) is 0 Å². The molecule has 1 rings (SSSR count).